The minimum Gasteiger partial charge on any atom is -0.384 e. The van der Waals surface area contributed by atoms with E-state index in [-0.39, 0.29) is 11.3 Å². The number of sulfone groups is 1. The van der Waals surface area contributed by atoms with Crippen molar-refractivity contribution < 1.29 is 13.5 Å². The fraction of sp³-hybridized carbons (Fsp3) is 0.222. The third kappa shape index (κ3) is 5.34. The van der Waals surface area contributed by atoms with E-state index in [1.165, 1.54) is 6.26 Å². The second kappa shape index (κ2) is 9.84. The van der Waals surface area contributed by atoms with Crippen molar-refractivity contribution in [2.24, 2.45) is 0 Å². The number of aliphatic hydroxyl groups is 1. The van der Waals surface area contributed by atoms with Crippen LogP contribution in [0.1, 0.15) is 36.5 Å². The number of aryl methyl sites for hydroxylation is 1. The number of hydrogen-bond donors (Lipinski definition) is 1. The molecule has 36 heavy (non-hydrogen) atoms. The van der Waals surface area contributed by atoms with Gasteiger partial charge in [-0.25, -0.2) is 13.4 Å². The van der Waals surface area contributed by atoms with Gasteiger partial charge in [-0.3, -0.25) is 0 Å². The molecule has 4 rings (SSSR count). The molecule has 0 amide bonds. The van der Waals surface area contributed by atoms with Crippen LogP contribution in [0.5, 0.6) is 0 Å². The first-order valence-corrected chi connectivity index (χ1v) is 14.1. The molecule has 0 aliphatic heterocycles. The van der Waals surface area contributed by atoms with Crippen molar-refractivity contribution in [3.63, 3.8) is 0 Å². The fourth-order valence-electron chi connectivity index (χ4n) is 4.08. The summed E-state index contributed by atoms with van der Waals surface area (Å²) in [5.41, 5.74) is 2.43. The standard InChI is InChI=1S/C27H25Cl3N2O3S/c1-16-12-18(19-9-5-6-10-20(19)28)13-22(36(4,34)35)26(16)32-15-23(27(2,3)33)31-24(32)14-17-8-7-11-21(29)25(17)30/h5-13,15,33H,14H2,1-4H3. The van der Waals surface area contributed by atoms with Crippen molar-refractivity contribution in [3.8, 4) is 16.8 Å². The molecule has 0 fully saturated rings. The van der Waals surface area contributed by atoms with Crippen molar-refractivity contribution in [2.45, 2.75) is 37.7 Å². The van der Waals surface area contributed by atoms with Crippen LogP contribution in [0.3, 0.4) is 0 Å². The Morgan fingerprint density at radius 2 is 1.67 bits per heavy atom. The first-order chi connectivity index (χ1) is 16.8. The lowest BCUT2D eigenvalue weighted by Gasteiger charge is -2.18. The van der Waals surface area contributed by atoms with Gasteiger partial charge in [-0.2, -0.15) is 0 Å². The molecule has 3 aromatic carbocycles. The summed E-state index contributed by atoms with van der Waals surface area (Å²) >= 11 is 19.1. The number of nitrogens with zero attached hydrogens (tertiary/aromatic N) is 2. The van der Waals surface area contributed by atoms with E-state index < -0.39 is 15.4 Å². The largest absolute Gasteiger partial charge is 0.384 e. The Hall–Kier alpha value is -2.35. The molecule has 0 bridgehead atoms. The van der Waals surface area contributed by atoms with Crippen LogP contribution in [0.2, 0.25) is 15.1 Å². The summed E-state index contributed by atoms with van der Waals surface area (Å²) in [6.45, 7) is 5.09. The molecule has 5 nitrogen and oxygen atoms in total. The van der Waals surface area contributed by atoms with Gasteiger partial charge in [-0.1, -0.05) is 65.1 Å². The minimum absolute atomic E-state index is 0.121. The molecule has 1 N–H and O–H groups in total. The Labute approximate surface area is 226 Å². The quantitative estimate of drug-likeness (QED) is 0.273. The Balaban J connectivity index is 2.00. The highest BCUT2D eigenvalue weighted by atomic mass is 35.5. The van der Waals surface area contributed by atoms with Gasteiger partial charge in [0, 0.05) is 29.5 Å². The third-order valence-electron chi connectivity index (χ3n) is 5.88. The monoisotopic (exact) mass is 562 g/mol. The van der Waals surface area contributed by atoms with E-state index >= 15 is 0 Å². The summed E-state index contributed by atoms with van der Waals surface area (Å²) in [4.78, 5) is 4.80. The van der Waals surface area contributed by atoms with Crippen molar-refractivity contribution >= 4 is 44.6 Å². The lowest BCUT2D eigenvalue weighted by Crippen LogP contribution is -2.16. The average Bonchev–Trinajstić information content (AvgIpc) is 3.20. The van der Waals surface area contributed by atoms with Crippen LogP contribution >= 0.6 is 34.8 Å². The number of imidazole rings is 1. The van der Waals surface area contributed by atoms with Crippen LogP contribution in [0, 0.1) is 6.92 Å². The highest BCUT2D eigenvalue weighted by molar-refractivity contribution is 7.90. The third-order valence-corrected chi connectivity index (χ3v) is 8.17. The zero-order valence-corrected chi connectivity index (χ0v) is 23.3. The van der Waals surface area contributed by atoms with Gasteiger partial charge in [0.1, 0.15) is 11.4 Å². The lowest BCUT2D eigenvalue weighted by molar-refractivity contribution is 0.0741. The number of hydrogen-bond acceptors (Lipinski definition) is 4. The Kier molecular flexibility index (Phi) is 7.30. The van der Waals surface area contributed by atoms with Crippen LogP contribution in [-0.2, 0) is 21.9 Å². The molecular weight excluding hydrogens is 539 g/mol. The molecule has 1 aromatic heterocycles. The molecule has 1 heterocycles. The Morgan fingerprint density at radius 3 is 2.31 bits per heavy atom. The number of benzene rings is 3. The van der Waals surface area contributed by atoms with Crippen LogP contribution in [0.15, 0.2) is 65.7 Å². The summed E-state index contributed by atoms with van der Waals surface area (Å²) in [6, 6.07) is 16.1. The summed E-state index contributed by atoms with van der Waals surface area (Å²) in [5.74, 6) is 0.509. The van der Waals surface area contributed by atoms with Gasteiger partial charge in [0.2, 0.25) is 0 Å². The lowest BCUT2D eigenvalue weighted by atomic mass is 10.0. The van der Waals surface area contributed by atoms with E-state index in [1.54, 1.807) is 48.9 Å². The Bertz CT molecular complexity index is 1570. The predicted octanol–water partition coefficient (Wildman–Crippen LogP) is 7.03. The van der Waals surface area contributed by atoms with Gasteiger partial charge in [0.25, 0.3) is 0 Å². The van der Waals surface area contributed by atoms with Gasteiger partial charge in [-0.15, -0.1) is 0 Å². The molecule has 0 spiro atoms. The SMILES string of the molecule is Cc1cc(-c2ccccc2Cl)cc(S(C)(=O)=O)c1-n1cc(C(C)(C)O)nc1Cc1cccc(Cl)c1Cl. The smallest absolute Gasteiger partial charge is 0.177 e. The van der Waals surface area contributed by atoms with Crippen LogP contribution in [0.4, 0.5) is 0 Å². The molecule has 4 aromatic rings. The van der Waals surface area contributed by atoms with Gasteiger partial charge >= 0.3 is 0 Å². The molecular formula is C27H25Cl3N2O3S. The molecule has 0 saturated carbocycles. The molecule has 0 aliphatic rings. The molecule has 0 unspecified atom stereocenters. The van der Waals surface area contributed by atoms with E-state index in [0.717, 1.165) is 11.1 Å². The van der Waals surface area contributed by atoms with Crippen LogP contribution in [-0.4, -0.2) is 29.3 Å². The summed E-state index contributed by atoms with van der Waals surface area (Å²) in [7, 11) is -3.68. The second-order valence-corrected chi connectivity index (χ2v) is 12.4. The first kappa shape index (κ1) is 26.7. The van der Waals surface area contributed by atoms with Crippen LogP contribution < -0.4 is 0 Å². The van der Waals surface area contributed by atoms with Crippen molar-refractivity contribution in [3.05, 3.63) is 98.5 Å². The highest BCUT2D eigenvalue weighted by Gasteiger charge is 2.27. The van der Waals surface area contributed by atoms with Crippen molar-refractivity contribution in [2.75, 3.05) is 6.26 Å². The van der Waals surface area contributed by atoms with E-state index in [2.05, 4.69) is 4.98 Å². The first-order valence-electron chi connectivity index (χ1n) is 11.1. The number of aromatic nitrogens is 2. The summed E-state index contributed by atoms with van der Waals surface area (Å²) < 4.78 is 27.8. The molecule has 0 aliphatic carbocycles. The molecule has 0 radical (unpaired) electrons. The number of rotatable bonds is 6. The van der Waals surface area contributed by atoms with Crippen molar-refractivity contribution in [1.82, 2.24) is 9.55 Å². The second-order valence-electron chi connectivity index (χ2n) is 9.25. The average molecular weight is 564 g/mol. The van der Waals surface area contributed by atoms with Crippen molar-refractivity contribution in [1.29, 1.82) is 0 Å². The Morgan fingerprint density at radius 1 is 1.00 bits per heavy atom. The molecule has 0 atom stereocenters. The predicted molar refractivity (Wildman–Crippen MR) is 146 cm³/mol. The van der Waals surface area contributed by atoms with E-state index in [9.17, 15) is 13.5 Å². The maximum Gasteiger partial charge on any atom is 0.177 e. The summed E-state index contributed by atoms with van der Waals surface area (Å²) in [6.07, 6.45) is 3.10. The maximum atomic E-state index is 13.1. The summed E-state index contributed by atoms with van der Waals surface area (Å²) in [5, 5.41) is 12.0. The van der Waals surface area contributed by atoms with Gasteiger partial charge < -0.3 is 9.67 Å². The minimum atomic E-state index is -3.68. The fourth-order valence-corrected chi connectivity index (χ4v) is 5.66. The van der Waals surface area contributed by atoms with Gasteiger partial charge in [0.05, 0.1) is 26.3 Å². The van der Waals surface area contributed by atoms with Crippen LogP contribution in [0.25, 0.3) is 16.8 Å². The topological polar surface area (TPSA) is 72.2 Å². The zero-order valence-electron chi connectivity index (χ0n) is 20.2. The zero-order chi connectivity index (χ0) is 26.4. The molecule has 0 saturated heterocycles. The molecule has 9 heteroatoms. The number of halogens is 3. The highest BCUT2D eigenvalue weighted by Crippen LogP contribution is 2.36. The van der Waals surface area contributed by atoms with Gasteiger partial charge in [-0.05, 0) is 61.7 Å². The normalized spacial score (nSPS) is 12.2. The van der Waals surface area contributed by atoms with E-state index in [4.69, 9.17) is 34.8 Å². The van der Waals surface area contributed by atoms with E-state index in [1.807, 2.05) is 37.3 Å². The maximum absolute atomic E-state index is 13.1. The van der Waals surface area contributed by atoms with E-state index in [0.29, 0.717) is 43.4 Å². The van der Waals surface area contributed by atoms with Gasteiger partial charge in [0.15, 0.2) is 9.84 Å². The molecule has 188 valence electrons.